The van der Waals surface area contributed by atoms with Crippen LogP contribution in [0.2, 0.25) is 0 Å². The van der Waals surface area contributed by atoms with Crippen LogP contribution in [-0.2, 0) is 10.0 Å². The fourth-order valence-corrected chi connectivity index (χ4v) is 2.97. The van der Waals surface area contributed by atoms with Gasteiger partial charge in [0.05, 0.1) is 4.90 Å². The van der Waals surface area contributed by atoms with Crippen molar-refractivity contribution in [2.75, 3.05) is 11.9 Å². The quantitative estimate of drug-likeness (QED) is 0.843. The van der Waals surface area contributed by atoms with Gasteiger partial charge in [0.15, 0.2) is 10.4 Å². The summed E-state index contributed by atoms with van der Waals surface area (Å²) in [5.74, 6) is -0.255. The molecule has 1 heterocycles. The zero-order chi connectivity index (χ0) is 15.5. The van der Waals surface area contributed by atoms with Gasteiger partial charge in [0.25, 0.3) is 5.91 Å². The van der Waals surface area contributed by atoms with Crippen LogP contribution in [0.4, 0.5) is 5.69 Å². The van der Waals surface area contributed by atoms with E-state index in [0.29, 0.717) is 16.9 Å². The second kappa shape index (κ2) is 6.42. The number of hydrogen-bond donors (Lipinski definition) is 2. The number of nitrogens with one attached hydrogen (secondary N) is 2. The molecule has 0 fully saturated rings. The van der Waals surface area contributed by atoms with Gasteiger partial charge in [-0.25, -0.2) is 13.1 Å². The Labute approximate surface area is 130 Å². The van der Waals surface area contributed by atoms with Gasteiger partial charge < -0.3 is 9.73 Å². The second-order valence-electron chi connectivity index (χ2n) is 4.08. The maximum Gasteiger partial charge on any atom is 0.291 e. The third-order valence-electron chi connectivity index (χ3n) is 2.55. The van der Waals surface area contributed by atoms with Gasteiger partial charge in [-0.15, -0.1) is 0 Å². The minimum atomic E-state index is -3.49. The zero-order valence-electron chi connectivity index (χ0n) is 11.1. The minimum Gasteiger partial charge on any atom is -0.444 e. The topological polar surface area (TPSA) is 88.4 Å². The van der Waals surface area contributed by atoms with Crippen molar-refractivity contribution in [3.63, 3.8) is 0 Å². The molecule has 1 aromatic heterocycles. The highest BCUT2D eigenvalue weighted by Crippen LogP contribution is 2.17. The highest BCUT2D eigenvalue weighted by Gasteiger charge is 2.14. The van der Waals surface area contributed by atoms with Crippen molar-refractivity contribution in [2.45, 2.75) is 11.8 Å². The third-order valence-corrected chi connectivity index (χ3v) is 4.54. The SMILES string of the molecule is CCNS(=O)(=O)c1ccc(NC(=O)c2ccc(Br)o2)cc1. The van der Waals surface area contributed by atoms with E-state index in [2.05, 4.69) is 26.0 Å². The highest BCUT2D eigenvalue weighted by atomic mass is 79.9. The number of halogens is 1. The number of anilines is 1. The number of amides is 1. The predicted molar refractivity (Wildman–Crippen MR) is 81.7 cm³/mol. The Morgan fingerprint density at radius 2 is 1.86 bits per heavy atom. The van der Waals surface area contributed by atoms with Crippen LogP contribution in [0.15, 0.2) is 50.4 Å². The lowest BCUT2D eigenvalue weighted by Crippen LogP contribution is -2.23. The van der Waals surface area contributed by atoms with E-state index in [1.165, 1.54) is 30.3 Å². The average Bonchev–Trinajstić information content (AvgIpc) is 2.86. The lowest BCUT2D eigenvalue weighted by atomic mass is 10.3. The van der Waals surface area contributed by atoms with Gasteiger partial charge >= 0.3 is 0 Å². The van der Waals surface area contributed by atoms with Crippen molar-refractivity contribution in [2.24, 2.45) is 0 Å². The molecule has 112 valence electrons. The smallest absolute Gasteiger partial charge is 0.291 e. The van der Waals surface area contributed by atoms with E-state index >= 15 is 0 Å². The van der Waals surface area contributed by atoms with E-state index < -0.39 is 15.9 Å². The molecule has 0 aliphatic carbocycles. The highest BCUT2D eigenvalue weighted by molar-refractivity contribution is 9.10. The summed E-state index contributed by atoms with van der Waals surface area (Å²) in [7, 11) is -3.49. The van der Waals surface area contributed by atoms with Gasteiger partial charge in [-0.05, 0) is 52.3 Å². The van der Waals surface area contributed by atoms with E-state index in [4.69, 9.17) is 4.42 Å². The molecule has 21 heavy (non-hydrogen) atoms. The first kappa shape index (κ1) is 15.7. The van der Waals surface area contributed by atoms with Gasteiger partial charge in [0, 0.05) is 12.2 Å². The second-order valence-corrected chi connectivity index (χ2v) is 6.63. The Bertz CT molecular complexity index is 738. The summed E-state index contributed by atoms with van der Waals surface area (Å²) >= 11 is 3.11. The summed E-state index contributed by atoms with van der Waals surface area (Å²) < 4.78 is 31.5. The molecular weight excluding hydrogens is 360 g/mol. The summed E-state index contributed by atoms with van der Waals surface area (Å²) in [5.41, 5.74) is 0.475. The summed E-state index contributed by atoms with van der Waals surface area (Å²) in [6, 6.07) is 9.02. The Kier molecular flexibility index (Phi) is 4.81. The molecule has 1 aromatic carbocycles. The predicted octanol–water partition coefficient (Wildman–Crippen LogP) is 2.59. The van der Waals surface area contributed by atoms with Crippen LogP contribution in [0.3, 0.4) is 0 Å². The lowest BCUT2D eigenvalue weighted by molar-refractivity contribution is 0.0995. The molecule has 6 nitrogen and oxygen atoms in total. The minimum absolute atomic E-state index is 0.142. The molecule has 2 aromatic rings. The fraction of sp³-hybridized carbons (Fsp3) is 0.154. The normalized spacial score (nSPS) is 11.3. The molecule has 2 N–H and O–H groups in total. The van der Waals surface area contributed by atoms with E-state index in [0.717, 1.165) is 0 Å². The number of hydrogen-bond acceptors (Lipinski definition) is 4. The van der Waals surface area contributed by atoms with Gasteiger partial charge in [0.2, 0.25) is 10.0 Å². The van der Waals surface area contributed by atoms with Crippen LogP contribution in [0.1, 0.15) is 17.5 Å². The number of benzene rings is 1. The molecule has 8 heteroatoms. The summed E-state index contributed by atoms with van der Waals surface area (Å²) in [5, 5.41) is 2.61. The molecule has 0 atom stereocenters. The molecule has 2 rings (SSSR count). The largest absolute Gasteiger partial charge is 0.444 e. The van der Waals surface area contributed by atoms with Crippen LogP contribution in [0, 0.1) is 0 Å². The van der Waals surface area contributed by atoms with Gasteiger partial charge in [-0.2, -0.15) is 0 Å². The number of carbonyl (C=O) groups excluding carboxylic acids is 1. The molecule has 0 saturated carbocycles. The van der Waals surface area contributed by atoms with Gasteiger partial charge in [-0.1, -0.05) is 6.92 Å². The van der Waals surface area contributed by atoms with Crippen LogP contribution < -0.4 is 10.0 Å². The van der Waals surface area contributed by atoms with E-state index in [-0.39, 0.29) is 10.7 Å². The molecule has 0 unspecified atom stereocenters. The first-order valence-electron chi connectivity index (χ1n) is 6.09. The average molecular weight is 373 g/mol. The van der Waals surface area contributed by atoms with Crippen LogP contribution >= 0.6 is 15.9 Å². The maximum atomic E-state index is 11.9. The Balaban J connectivity index is 2.11. The molecule has 0 bridgehead atoms. The van der Waals surface area contributed by atoms with Crippen molar-refractivity contribution >= 4 is 37.5 Å². The number of carbonyl (C=O) groups is 1. The van der Waals surface area contributed by atoms with E-state index in [9.17, 15) is 13.2 Å². The van der Waals surface area contributed by atoms with E-state index in [1.54, 1.807) is 13.0 Å². The van der Waals surface area contributed by atoms with Crippen LogP contribution in [0.25, 0.3) is 0 Å². The van der Waals surface area contributed by atoms with Gasteiger partial charge in [-0.3, -0.25) is 4.79 Å². The molecule has 0 aliphatic heterocycles. The van der Waals surface area contributed by atoms with Crippen LogP contribution in [0.5, 0.6) is 0 Å². The number of furan rings is 1. The first-order chi connectivity index (χ1) is 9.92. The molecule has 1 amide bonds. The molecule has 0 spiro atoms. The number of sulfonamides is 1. The van der Waals surface area contributed by atoms with Crippen LogP contribution in [-0.4, -0.2) is 20.9 Å². The van der Waals surface area contributed by atoms with E-state index in [1.807, 2.05) is 0 Å². The number of rotatable bonds is 5. The zero-order valence-corrected chi connectivity index (χ0v) is 13.5. The Hall–Kier alpha value is -1.64. The third kappa shape index (κ3) is 3.93. The first-order valence-corrected chi connectivity index (χ1v) is 8.36. The fourth-order valence-electron chi connectivity index (χ4n) is 1.62. The van der Waals surface area contributed by atoms with Crippen molar-refractivity contribution in [3.8, 4) is 0 Å². The lowest BCUT2D eigenvalue weighted by Gasteiger charge is -2.06. The summed E-state index contributed by atoms with van der Waals surface area (Å²) in [6.45, 7) is 2.02. The Morgan fingerprint density at radius 1 is 1.19 bits per heavy atom. The standard InChI is InChI=1S/C13H13BrN2O4S/c1-2-15-21(18,19)10-5-3-9(4-6-10)16-13(17)11-7-8-12(14)20-11/h3-8,15H,2H2,1H3,(H,16,17). The van der Waals surface area contributed by atoms with Crippen molar-refractivity contribution in [3.05, 3.63) is 46.8 Å². The summed E-state index contributed by atoms with van der Waals surface area (Å²) in [4.78, 5) is 12.0. The van der Waals surface area contributed by atoms with Crippen molar-refractivity contribution in [1.82, 2.24) is 4.72 Å². The molecule has 0 aliphatic rings. The molecule has 0 saturated heterocycles. The summed E-state index contributed by atoms with van der Waals surface area (Å²) in [6.07, 6.45) is 0. The van der Waals surface area contributed by atoms with Gasteiger partial charge in [0.1, 0.15) is 0 Å². The van der Waals surface area contributed by atoms with Crippen molar-refractivity contribution in [1.29, 1.82) is 0 Å². The molecule has 0 radical (unpaired) electrons. The van der Waals surface area contributed by atoms with Crippen molar-refractivity contribution < 1.29 is 17.6 Å². The Morgan fingerprint density at radius 3 is 2.38 bits per heavy atom. The molecular formula is C13H13BrN2O4S. The monoisotopic (exact) mass is 372 g/mol. The maximum absolute atomic E-state index is 11.9.